The summed E-state index contributed by atoms with van der Waals surface area (Å²) in [5.41, 5.74) is 5.04. The average molecular weight is 437 g/mol. The lowest BCUT2D eigenvalue weighted by molar-refractivity contribution is -0.437. The number of allylic oxidation sites excluding steroid dienone is 1. The largest absolute Gasteiger partial charge is 0.487 e. The predicted octanol–water partition coefficient (Wildman–Crippen LogP) is 4.99. The second kappa shape index (κ2) is 10.3. The molecule has 170 valence electrons. The van der Waals surface area contributed by atoms with E-state index in [0.29, 0.717) is 39.6 Å². The van der Waals surface area contributed by atoms with Crippen LogP contribution in [-0.2, 0) is 14.9 Å². The minimum atomic E-state index is -0.0459. The fraction of sp³-hybridized carbons (Fsp3) is 0.444. The van der Waals surface area contributed by atoms with E-state index in [4.69, 9.17) is 18.9 Å². The van der Waals surface area contributed by atoms with E-state index in [0.717, 1.165) is 30.0 Å². The van der Waals surface area contributed by atoms with Gasteiger partial charge in [0.05, 0.1) is 31.8 Å². The molecule has 0 fully saturated rings. The van der Waals surface area contributed by atoms with Gasteiger partial charge in [-0.2, -0.15) is 4.58 Å². The van der Waals surface area contributed by atoms with E-state index in [1.165, 1.54) is 17.0 Å². The molecule has 2 heterocycles. The van der Waals surface area contributed by atoms with Crippen LogP contribution in [0, 0.1) is 0 Å². The Hall–Kier alpha value is -2.63. The molecule has 0 aromatic heterocycles. The quantitative estimate of drug-likeness (QED) is 0.633. The van der Waals surface area contributed by atoms with E-state index in [1.807, 2.05) is 12.1 Å². The molecule has 2 aliphatic heterocycles. The maximum absolute atomic E-state index is 5.98. The van der Waals surface area contributed by atoms with Crippen LogP contribution in [0.5, 0.6) is 11.5 Å². The van der Waals surface area contributed by atoms with Crippen molar-refractivity contribution >= 4 is 17.5 Å². The highest BCUT2D eigenvalue weighted by Gasteiger charge is 2.43. The number of rotatable bonds is 4. The van der Waals surface area contributed by atoms with E-state index in [-0.39, 0.29) is 5.41 Å². The minimum absolute atomic E-state index is 0.0459. The van der Waals surface area contributed by atoms with Crippen molar-refractivity contribution in [1.82, 2.24) is 0 Å². The van der Waals surface area contributed by atoms with Crippen molar-refractivity contribution < 1.29 is 23.5 Å². The van der Waals surface area contributed by atoms with Gasteiger partial charge in [-0.1, -0.05) is 31.2 Å². The first-order valence-corrected chi connectivity index (χ1v) is 11.6. The zero-order chi connectivity index (χ0) is 22.4. The van der Waals surface area contributed by atoms with Gasteiger partial charge in [-0.05, 0) is 37.6 Å². The van der Waals surface area contributed by atoms with Crippen LogP contribution in [0.1, 0.15) is 38.3 Å². The normalized spacial score (nSPS) is 18.8. The van der Waals surface area contributed by atoms with Crippen LogP contribution in [0.4, 0.5) is 5.69 Å². The molecule has 2 aliphatic rings. The second-order valence-corrected chi connectivity index (χ2v) is 8.64. The Balaban J connectivity index is 1.61. The number of fused-ring (bicyclic) bond motifs is 2. The van der Waals surface area contributed by atoms with Gasteiger partial charge >= 0.3 is 0 Å². The lowest BCUT2D eigenvalue weighted by atomic mass is 9.81. The third-order valence-electron chi connectivity index (χ3n) is 5.99. The van der Waals surface area contributed by atoms with Crippen molar-refractivity contribution in [2.45, 2.75) is 32.6 Å². The molecule has 5 heteroatoms. The fourth-order valence-corrected chi connectivity index (χ4v) is 4.38. The van der Waals surface area contributed by atoms with Crippen molar-refractivity contribution in [3.8, 4) is 11.5 Å². The summed E-state index contributed by atoms with van der Waals surface area (Å²) < 4.78 is 25.4. The topological polar surface area (TPSA) is 39.9 Å². The van der Waals surface area contributed by atoms with Crippen LogP contribution in [0.15, 0.2) is 48.5 Å². The number of hydrogen-bond donors (Lipinski definition) is 0. The van der Waals surface area contributed by atoms with Crippen LogP contribution in [0.2, 0.25) is 0 Å². The van der Waals surface area contributed by atoms with Crippen LogP contribution in [0.3, 0.4) is 0 Å². The molecule has 0 unspecified atom stereocenters. The Morgan fingerprint density at radius 2 is 1.53 bits per heavy atom. The first-order chi connectivity index (χ1) is 15.6. The Bertz CT molecular complexity index is 993. The third-order valence-corrected chi connectivity index (χ3v) is 5.99. The fourth-order valence-electron chi connectivity index (χ4n) is 4.38. The van der Waals surface area contributed by atoms with E-state index in [1.54, 1.807) is 0 Å². The van der Waals surface area contributed by atoms with Gasteiger partial charge < -0.3 is 18.9 Å². The van der Waals surface area contributed by atoms with Gasteiger partial charge in [0.1, 0.15) is 19.8 Å². The van der Waals surface area contributed by atoms with Gasteiger partial charge in [-0.3, -0.25) is 0 Å². The summed E-state index contributed by atoms with van der Waals surface area (Å²) >= 11 is 0. The first-order valence-electron chi connectivity index (χ1n) is 11.6. The maximum atomic E-state index is 5.98. The number of hydrogen-bond acceptors (Lipinski definition) is 4. The Kier molecular flexibility index (Phi) is 7.28. The molecule has 0 N–H and O–H groups in total. The average Bonchev–Trinajstić information content (AvgIpc) is 3.00. The number of benzene rings is 2. The Morgan fingerprint density at radius 3 is 2.28 bits per heavy atom. The van der Waals surface area contributed by atoms with Gasteiger partial charge in [0.25, 0.3) is 0 Å². The summed E-state index contributed by atoms with van der Waals surface area (Å²) in [4.78, 5) is 0. The predicted molar refractivity (Wildman–Crippen MR) is 128 cm³/mol. The summed E-state index contributed by atoms with van der Waals surface area (Å²) in [6.45, 7) is 11.0. The lowest BCUT2D eigenvalue weighted by Crippen LogP contribution is -2.27. The highest BCUT2D eigenvalue weighted by atomic mass is 16.6. The molecule has 2 aromatic rings. The third kappa shape index (κ3) is 4.89. The number of nitrogens with zero attached hydrogens (tertiary/aromatic N) is 1. The zero-order valence-corrected chi connectivity index (χ0v) is 19.4. The lowest BCUT2D eigenvalue weighted by Gasteiger charge is -2.16. The molecule has 2 aromatic carbocycles. The summed E-state index contributed by atoms with van der Waals surface area (Å²) in [5.74, 6) is 1.47. The van der Waals surface area contributed by atoms with Crippen molar-refractivity contribution in [3.05, 3.63) is 59.7 Å². The minimum Gasteiger partial charge on any atom is -0.487 e. The standard InChI is InChI=1S/C27H34NO4/c1-4-13-28-23-8-6-5-7-22(23)27(2,3)26(28)12-10-21-9-11-24-25(20-21)32-19-17-30-15-14-29-16-18-31-24/h5-12,20H,4,13-19H2,1-3H3/q+1. The molecule has 0 saturated heterocycles. The van der Waals surface area contributed by atoms with Crippen molar-refractivity contribution in [3.63, 3.8) is 0 Å². The number of para-hydroxylation sites is 1. The van der Waals surface area contributed by atoms with Gasteiger partial charge in [0.15, 0.2) is 17.2 Å². The van der Waals surface area contributed by atoms with Gasteiger partial charge in [0.2, 0.25) is 5.69 Å². The van der Waals surface area contributed by atoms with E-state index < -0.39 is 0 Å². The summed E-state index contributed by atoms with van der Waals surface area (Å²) in [7, 11) is 0. The molecule has 4 rings (SSSR count). The molecule has 0 saturated carbocycles. The van der Waals surface area contributed by atoms with Crippen LogP contribution < -0.4 is 9.47 Å². The van der Waals surface area contributed by atoms with E-state index >= 15 is 0 Å². The van der Waals surface area contributed by atoms with E-state index in [2.05, 4.69) is 67.8 Å². The summed E-state index contributed by atoms with van der Waals surface area (Å²) in [6.07, 6.45) is 5.52. The van der Waals surface area contributed by atoms with Crippen LogP contribution in [0.25, 0.3) is 6.08 Å². The molecular formula is C27H34NO4+. The van der Waals surface area contributed by atoms with Crippen molar-refractivity contribution in [1.29, 1.82) is 0 Å². The zero-order valence-electron chi connectivity index (χ0n) is 19.4. The smallest absolute Gasteiger partial charge is 0.209 e. The second-order valence-electron chi connectivity index (χ2n) is 8.64. The SMILES string of the molecule is CCC[N+]1=C(C=Cc2ccc3c(c2)OCCOCCOCCO3)C(C)(C)c2ccccc21. The Labute approximate surface area is 191 Å². The monoisotopic (exact) mass is 436 g/mol. The molecule has 5 nitrogen and oxygen atoms in total. The first kappa shape index (κ1) is 22.6. The van der Waals surface area contributed by atoms with Gasteiger partial charge in [-0.25, -0.2) is 0 Å². The molecule has 0 aliphatic carbocycles. The van der Waals surface area contributed by atoms with Gasteiger partial charge in [-0.15, -0.1) is 0 Å². The molecule has 0 amide bonds. The molecule has 0 atom stereocenters. The van der Waals surface area contributed by atoms with Crippen LogP contribution in [-0.4, -0.2) is 56.5 Å². The molecule has 0 spiro atoms. The highest BCUT2D eigenvalue weighted by molar-refractivity contribution is 6.05. The van der Waals surface area contributed by atoms with Gasteiger partial charge in [0, 0.05) is 24.1 Å². The van der Waals surface area contributed by atoms with E-state index in [9.17, 15) is 0 Å². The van der Waals surface area contributed by atoms with Crippen LogP contribution >= 0.6 is 0 Å². The summed E-state index contributed by atoms with van der Waals surface area (Å²) in [6, 6.07) is 14.8. The Morgan fingerprint density at radius 1 is 0.844 bits per heavy atom. The molecule has 0 bridgehead atoms. The molecule has 32 heavy (non-hydrogen) atoms. The molecular weight excluding hydrogens is 402 g/mol. The van der Waals surface area contributed by atoms with Crippen molar-refractivity contribution in [2.75, 3.05) is 46.2 Å². The maximum Gasteiger partial charge on any atom is 0.209 e. The molecule has 0 radical (unpaired) electrons. The summed E-state index contributed by atoms with van der Waals surface area (Å²) in [5, 5.41) is 0. The highest BCUT2D eigenvalue weighted by Crippen LogP contribution is 2.40. The number of ether oxygens (including phenoxy) is 4. The van der Waals surface area contributed by atoms with Crippen molar-refractivity contribution in [2.24, 2.45) is 0 Å².